The average molecular weight is 406 g/mol. The standard InChI is InChI=1S/C21H30N2O6/c1-15(22-17(20(25)26)11-10-16-7-3-2-4-8-16)19(24)23-12-6-14-29-13-5-9-18(23)21(27)28/h2-4,7-8,15,17-18,22H,5-6,9-14H2,1H3,(H,25,26)(H,27,28)/t15-,17?,18?/m0/s1. The molecule has 3 N–H and O–H groups in total. The summed E-state index contributed by atoms with van der Waals surface area (Å²) in [6.07, 6.45) is 2.29. The largest absolute Gasteiger partial charge is 0.480 e. The van der Waals surface area contributed by atoms with Crippen LogP contribution in [0.4, 0.5) is 0 Å². The van der Waals surface area contributed by atoms with Gasteiger partial charge in [-0.2, -0.15) is 0 Å². The Morgan fingerprint density at radius 2 is 1.86 bits per heavy atom. The summed E-state index contributed by atoms with van der Waals surface area (Å²) in [4.78, 5) is 37.7. The molecule has 0 bridgehead atoms. The van der Waals surface area contributed by atoms with Gasteiger partial charge in [0, 0.05) is 19.8 Å². The predicted molar refractivity (Wildman–Crippen MR) is 107 cm³/mol. The molecule has 1 saturated heterocycles. The Hall–Kier alpha value is -2.45. The second-order valence-corrected chi connectivity index (χ2v) is 7.30. The first-order valence-electron chi connectivity index (χ1n) is 10.0. The maximum absolute atomic E-state index is 13.0. The molecule has 0 aliphatic carbocycles. The SMILES string of the molecule is C[C@H](NC(CCc1ccccc1)C(=O)O)C(=O)N1CCCOCCCC1C(=O)O. The summed E-state index contributed by atoms with van der Waals surface area (Å²) in [6, 6.07) is 6.89. The molecule has 1 amide bonds. The number of carboxylic acid groups (broad SMARTS) is 2. The fourth-order valence-electron chi connectivity index (χ4n) is 3.51. The molecule has 1 heterocycles. The summed E-state index contributed by atoms with van der Waals surface area (Å²) >= 11 is 0. The number of benzene rings is 1. The van der Waals surface area contributed by atoms with Crippen molar-refractivity contribution in [1.29, 1.82) is 0 Å². The number of carbonyl (C=O) groups excluding carboxylic acids is 1. The van der Waals surface area contributed by atoms with Crippen LogP contribution in [0.5, 0.6) is 0 Å². The molecule has 8 nitrogen and oxygen atoms in total. The van der Waals surface area contributed by atoms with E-state index in [0.717, 1.165) is 5.56 Å². The lowest BCUT2D eigenvalue weighted by atomic mass is 10.0. The molecule has 29 heavy (non-hydrogen) atoms. The van der Waals surface area contributed by atoms with Gasteiger partial charge in [0.1, 0.15) is 12.1 Å². The van der Waals surface area contributed by atoms with Crippen LogP contribution < -0.4 is 5.32 Å². The van der Waals surface area contributed by atoms with Crippen LogP contribution in [0.3, 0.4) is 0 Å². The molecule has 1 aliphatic heterocycles. The zero-order chi connectivity index (χ0) is 21.2. The molecule has 0 aromatic heterocycles. The Morgan fingerprint density at radius 3 is 2.52 bits per heavy atom. The molecule has 0 spiro atoms. The van der Waals surface area contributed by atoms with E-state index in [2.05, 4.69) is 5.32 Å². The molecule has 1 aromatic rings. The van der Waals surface area contributed by atoms with Gasteiger partial charge >= 0.3 is 11.9 Å². The second kappa shape index (κ2) is 11.5. The highest BCUT2D eigenvalue weighted by Gasteiger charge is 2.33. The zero-order valence-corrected chi connectivity index (χ0v) is 16.8. The van der Waals surface area contributed by atoms with Crippen molar-refractivity contribution in [1.82, 2.24) is 10.2 Å². The second-order valence-electron chi connectivity index (χ2n) is 7.30. The number of ether oxygens (including phenoxy) is 1. The highest BCUT2D eigenvalue weighted by Crippen LogP contribution is 2.14. The van der Waals surface area contributed by atoms with Crippen molar-refractivity contribution in [2.75, 3.05) is 19.8 Å². The number of hydrogen-bond acceptors (Lipinski definition) is 5. The first-order valence-corrected chi connectivity index (χ1v) is 10.0. The number of carbonyl (C=O) groups is 3. The molecule has 3 atom stereocenters. The maximum atomic E-state index is 13.0. The molecule has 0 saturated carbocycles. The molecular weight excluding hydrogens is 376 g/mol. The molecule has 1 fully saturated rings. The minimum Gasteiger partial charge on any atom is -0.480 e. The van der Waals surface area contributed by atoms with E-state index in [9.17, 15) is 24.6 Å². The number of carboxylic acids is 2. The third kappa shape index (κ3) is 7.14. The van der Waals surface area contributed by atoms with Gasteiger partial charge in [-0.05, 0) is 44.6 Å². The van der Waals surface area contributed by atoms with Gasteiger partial charge < -0.3 is 19.8 Å². The summed E-state index contributed by atoms with van der Waals surface area (Å²) < 4.78 is 5.42. The lowest BCUT2D eigenvalue weighted by Gasteiger charge is -2.32. The predicted octanol–water partition coefficient (Wildman–Crippen LogP) is 1.53. The highest BCUT2D eigenvalue weighted by atomic mass is 16.5. The maximum Gasteiger partial charge on any atom is 0.326 e. The van der Waals surface area contributed by atoms with Crippen LogP contribution >= 0.6 is 0 Å². The molecule has 0 radical (unpaired) electrons. The van der Waals surface area contributed by atoms with Gasteiger partial charge in [0.15, 0.2) is 0 Å². The van der Waals surface area contributed by atoms with E-state index >= 15 is 0 Å². The van der Waals surface area contributed by atoms with Gasteiger partial charge in [-0.25, -0.2) is 4.79 Å². The molecule has 1 aliphatic rings. The van der Waals surface area contributed by atoms with Crippen molar-refractivity contribution in [3.8, 4) is 0 Å². The van der Waals surface area contributed by atoms with E-state index in [-0.39, 0.29) is 6.54 Å². The molecule has 1 aromatic carbocycles. The van der Waals surface area contributed by atoms with Crippen molar-refractivity contribution in [3.05, 3.63) is 35.9 Å². The van der Waals surface area contributed by atoms with Crippen LogP contribution in [0.25, 0.3) is 0 Å². The van der Waals surface area contributed by atoms with Crippen LogP contribution in [0.2, 0.25) is 0 Å². The topological polar surface area (TPSA) is 116 Å². The van der Waals surface area contributed by atoms with Gasteiger partial charge in [0.05, 0.1) is 6.04 Å². The number of aliphatic carboxylic acids is 2. The quantitative estimate of drug-likeness (QED) is 0.599. The van der Waals surface area contributed by atoms with Crippen LogP contribution in [0, 0.1) is 0 Å². The minimum absolute atomic E-state index is 0.267. The Kier molecular flexibility index (Phi) is 9.08. The zero-order valence-electron chi connectivity index (χ0n) is 16.8. The molecular formula is C21H30N2O6. The lowest BCUT2D eigenvalue weighted by Crippen LogP contribution is -2.55. The highest BCUT2D eigenvalue weighted by molar-refractivity contribution is 5.87. The summed E-state index contributed by atoms with van der Waals surface area (Å²) in [5, 5.41) is 22.0. The van der Waals surface area contributed by atoms with E-state index in [4.69, 9.17) is 4.74 Å². The molecule has 2 rings (SSSR count). The van der Waals surface area contributed by atoms with Crippen LogP contribution in [0.15, 0.2) is 30.3 Å². The van der Waals surface area contributed by atoms with Crippen LogP contribution in [-0.4, -0.2) is 70.8 Å². The van der Waals surface area contributed by atoms with Gasteiger partial charge in [0.25, 0.3) is 0 Å². The van der Waals surface area contributed by atoms with Gasteiger partial charge in [-0.3, -0.25) is 14.9 Å². The van der Waals surface area contributed by atoms with Crippen LogP contribution in [0.1, 0.15) is 38.2 Å². The Bertz CT molecular complexity index is 681. The van der Waals surface area contributed by atoms with E-state index in [0.29, 0.717) is 45.3 Å². The smallest absolute Gasteiger partial charge is 0.326 e. The average Bonchev–Trinajstić information content (AvgIpc) is 2.82. The molecule has 8 heteroatoms. The van der Waals surface area contributed by atoms with E-state index < -0.39 is 36.0 Å². The van der Waals surface area contributed by atoms with Crippen molar-refractivity contribution < 1.29 is 29.3 Å². The third-order valence-corrected chi connectivity index (χ3v) is 5.08. The van der Waals surface area contributed by atoms with E-state index in [1.54, 1.807) is 6.92 Å². The lowest BCUT2D eigenvalue weighted by molar-refractivity contribution is -0.152. The summed E-state index contributed by atoms with van der Waals surface area (Å²) in [7, 11) is 0. The van der Waals surface area contributed by atoms with Crippen molar-refractivity contribution in [2.45, 2.75) is 57.2 Å². The first-order chi connectivity index (χ1) is 13.9. The Morgan fingerprint density at radius 1 is 1.17 bits per heavy atom. The summed E-state index contributed by atoms with van der Waals surface area (Å²) in [5.41, 5.74) is 1.02. The Balaban J connectivity index is 2.03. The number of nitrogens with zero attached hydrogens (tertiary/aromatic N) is 1. The van der Waals surface area contributed by atoms with E-state index in [1.807, 2.05) is 30.3 Å². The van der Waals surface area contributed by atoms with Crippen molar-refractivity contribution in [2.24, 2.45) is 0 Å². The molecule has 160 valence electrons. The monoisotopic (exact) mass is 406 g/mol. The van der Waals surface area contributed by atoms with Gasteiger partial charge in [-0.1, -0.05) is 30.3 Å². The first kappa shape index (κ1) is 22.8. The number of aryl methyl sites for hydroxylation is 1. The normalized spacial score (nSPS) is 20.0. The summed E-state index contributed by atoms with van der Waals surface area (Å²) in [6.45, 7) is 2.79. The number of hydrogen-bond donors (Lipinski definition) is 3. The molecule has 2 unspecified atom stereocenters. The van der Waals surface area contributed by atoms with Gasteiger partial charge in [0.2, 0.25) is 5.91 Å². The van der Waals surface area contributed by atoms with Gasteiger partial charge in [-0.15, -0.1) is 0 Å². The van der Waals surface area contributed by atoms with E-state index in [1.165, 1.54) is 4.90 Å². The fourth-order valence-corrected chi connectivity index (χ4v) is 3.51. The van der Waals surface area contributed by atoms with Crippen LogP contribution in [-0.2, 0) is 25.5 Å². The number of rotatable bonds is 8. The number of nitrogens with one attached hydrogen (secondary N) is 1. The fraction of sp³-hybridized carbons (Fsp3) is 0.571. The Labute approximate surface area is 170 Å². The van der Waals surface area contributed by atoms with Crippen molar-refractivity contribution in [3.63, 3.8) is 0 Å². The summed E-state index contributed by atoms with van der Waals surface area (Å²) in [5.74, 6) is -2.48. The third-order valence-electron chi connectivity index (χ3n) is 5.08. The number of amides is 1. The van der Waals surface area contributed by atoms with Crippen molar-refractivity contribution >= 4 is 17.8 Å². The minimum atomic E-state index is -1.05.